The van der Waals surface area contributed by atoms with Crippen LogP contribution in [0.2, 0.25) is 0 Å². The van der Waals surface area contributed by atoms with E-state index in [-0.39, 0.29) is 24.5 Å². The lowest BCUT2D eigenvalue weighted by Crippen LogP contribution is -2.51. The van der Waals surface area contributed by atoms with Crippen LogP contribution in [-0.4, -0.2) is 73.7 Å². The van der Waals surface area contributed by atoms with E-state index in [1.807, 2.05) is 22.4 Å². The van der Waals surface area contributed by atoms with Crippen molar-refractivity contribution in [2.45, 2.75) is 18.9 Å². The Bertz CT molecular complexity index is 520. The normalized spacial score (nSPS) is 21.7. The van der Waals surface area contributed by atoms with Crippen molar-refractivity contribution in [3.8, 4) is 0 Å². The van der Waals surface area contributed by atoms with Crippen molar-refractivity contribution >= 4 is 23.2 Å². The summed E-state index contributed by atoms with van der Waals surface area (Å²) in [5.74, 6) is 0.0490. The molecular formula is C16H22N2O4S. The lowest BCUT2D eigenvalue weighted by molar-refractivity contribution is -0.138. The van der Waals surface area contributed by atoms with E-state index >= 15 is 0 Å². The minimum Gasteiger partial charge on any atom is -0.376 e. The molecule has 0 spiro atoms. The molecule has 2 aliphatic heterocycles. The molecule has 6 nitrogen and oxygen atoms in total. The molecule has 0 radical (unpaired) electrons. The van der Waals surface area contributed by atoms with Crippen molar-refractivity contribution in [3.05, 3.63) is 22.4 Å². The Hall–Kier alpha value is -1.44. The first-order valence-corrected chi connectivity index (χ1v) is 8.92. The molecule has 1 unspecified atom stereocenters. The molecule has 0 N–H and O–H groups in total. The molecule has 2 saturated heterocycles. The standard InChI is InChI=1S/C16H22N2O4S/c19-15(12-21-11-13-3-1-9-22-13)17-5-7-18(8-6-17)16(20)14-4-2-10-23-14/h2,4,10,13H,1,3,5-9,11-12H2. The summed E-state index contributed by atoms with van der Waals surface area (Å²) in [6.07, 6.45) is 2.22. The van der Waals surface area contributed by atoms with Gasteiger partial charge in [0.2, 0.25) is 5.91 Å². The number of nitrogens with zero attached hydrogens (tertiary/aromatic N) is 2. The molecule has 23 heavy (non-hydrogen) atoms. The molecule has 0 aromatic carbocycles. The second kappa shape index (κ2) is 7.90. The van der Waals surface area contributed by atoms with Gasteiger partial charge in [-0.25, -0.2) is 0 Å². The van der Waals surface area contributed by atoms with Crippen molar-refractivity contribution in [1.82, 2.24) is 9.80 Å². The fourth-order valence-electron chi connectivity index (χ4n) is 2.86. The predicted molar refractivity (Wildman–Crippen MR) is 86.6 cm³/mol. The maximum atomic E-state index is 12.3. The zero-order valence-corrected chi connectivity index (χ0v) is 13.9. The van der Waals surface area contributed by atoms with Crippen LogP contribution >= 0.6 is 11.3 Å². The Morgan fingerprint density at radius 1 is 1.26 bits per heavy atom. The van der Waals surface area contributed by atoms with Crippen LogP contribution in [0.3, 0.4) is 0 Å². The number of hydrogen-bond donors (Lipinski definition) is 0. The highest BCUT2D eigenvalue weighted by Crippen LogP contribution is 2.14. The Morgan fingerprint density at radius 3 is 2.70 bits per heavy atom. The minimum absolute atomic E-state index is 0.00813. The van der Waals surface area contributed by atoms with Gasteiger partial charge in [0.05, 0.1) is 17.6 Å². The fourth-order valence-corrected chi connectivity index (χ4v) is 3.55. The Labute approximate surface area is 140 Å². The van der Waals surface area contributed by atoms with Gasteiger partial charge in [-0.15, -0.1) is 11.3 Å². The smallest absolute Gasteiger partial charge is 0.264 e. The Balaban J connectivity index is 1.38. The highest BCUT2D eigenvalue weighted by molar-refractivity contribution is 7.12. The highest BCUT2D eigenvalue weighted by atomic mass is 32.1. The first-order valence-electron chi connectivity index (χ1n) is 8.04. The fraction of sp³-hybridized carbons (Fsp3) is 0.625. The largest absolute Gasteiger partial charge is 0.376 e. The predicted octanol–water partition coefficient (Wildman–Crippen LogP) is 1.23. The van der Waals surface area contributed by atoms with Crippen LogP contribution in [0, 0.1) is 0 Å². The van der Waals surface area contributed by atoms with Gasteiger partial charge in [-0.3, -0.25) is 9.59 Å². The van der Waals surface area contributed by atoms with Crippen LogP contribution in [0.25, 0.3) is 0 Å². The average Bonchev–Trinajstić information content (AvgIpc) is 3.28. The molecule has 2 amide bonds. The van der Waals surface area contributed by atoms with Gasteiger partial charge < -0.3 is 19.3 Å². The Kier molecular flexibility index (Phi) is 5.64. The summed E-state index contributed by atoms with van der Waals surface area (Å²) in [4.78, 5) is 28.7. The zero-order valence-electron chi connectivity index (χ0n) is 13.1. The molecule has 3 heterocycles. The van der Waals surface area contributed by atoms with Gasteiger partial charge in [0.1, 0.15) is 6.61 Å². The third-order valence-corrected chi connectivity index (χ3v) is 5.06. The average molecular weight is 338 g/mol. The summed E-state index contributed by atoms with van der Waals surface area (Å²) in [6, 6.07) is 3.71. The third kappa shape index (κ3) is 4.31. The number of rotatable bonds is 5. The molecular weight excluding hydrogens is 316 g/mol. The lowest BCUT2D eigenvalue weighted by Gasteiger charge is -2.34. The topological polar surface area (TPSA) is 59.1 Å². The van der Waals surface area contributed by atoms with Gasteiger partial charge in [-0.05, 0) is 24.3 Å². The first kappa shape index (κ1) is 16.4. The number of ether oxygens (including phenoxy) is 2. The molecule has 0 bridgehead atoms. The molecule has 7 heteroatoms. The second-order valence-corrected chi connectivity index (χ2v) is 6.75. The lowest BCUT2D eigenvalue weighted by atomic mass is 10.2. The maximum Gasteiger partial charge on any atom is 0.264 e. The van der Waals surface area contributed by atoms with E-state index in [2.05, 4.69) is 0 Å². The van der Waals surface area contributed by atoms with E-state index in [1.54, 1.807) is 4.90 Å². The van der Waals surface area contributed by atoms with E-state index in [4.69, 9.17) is 9.47 Å². The summed E-state index contributed by atoms with van der Waals surface area (Å²) in [6.45, 7) is 3.67. The van der Waals surface area contributed by atoms with E-state index in [9.17, 15) is 9.59 Å². The van der Waals surface area contributed by atoms with Crippen LogP contribution in [0.5, 0.6) is 0 Å². The summed E-state index contributed by atoms with van der Waals surface area (Å²) < 4.78 is 10.9. The van der Waals surface area contributed by atoms with E-state index in [0.717, 1.165) is 24.3 Å². The van der Waals surface area contributed by atoms with Gasteiger partial charge in [-0.1, -0.05) is 6.07 Å². The molecule has 1 atom stereocenters. The van der Waals surface area contributed by atoms with Crippen molar-refractivity contribution < 1.29 is 19.1 Å². The molecule has 0 saturated carbocycles. The SMILES string of the molecule is O=C(COCC1CCCO1)N1CCN(C(=O)c2cccs2)CC1. The van der Waals surface area contributed by atoms with E-state index < -0.39 is 0 Å². The number of amides is 2. The summed E-state index contributed by atoms with van der Waals surface area (Å²) in [5.41, 5.74) is 0. The zero-order chi connectivity index (χ0) is 16.1. The van der Waals surface area contributed by atoms with Crippen molar-refractivity contribution in [2.24, 2.45) is 0 Å². The van der Waals surface area contributed by atoms with Gasteiger partial charge in [-0.2, -0.15) is 0 Å². The van der Waals surface area contributed by atoms with Crippen molar-refractivity contribution in [3.63, 3.8) is 0 Å². The number of carbonyl (C=O) groups excluding carboxylic acids is 2. The van der Waals surface area contributed by atoms with Gasteiger partial charge in [0.25, 0.3) is 5.91 Å². The third-order valence-electron chi connectivity index (χ3n) is 4.20. The molecule has 3 rings (SSSR count). The number of carbonyl (C=O) groups is 2. The van der Waals surface area contributed by atoms with Crippen molar-refractivity contribution in [1.29, 1.82) is 0 Å². The summed E-state index contributed by atoms with van der Waals surface area (Å²) in [5, 5.41) is 1.90. The van der Waals surface area contributed by atoms with Crippen LogP contribution in [0.1, 0.15) is 22.5 Å². The molecule has 1 aromatic rings. The van der Waals surface area contributed by atoms with Crippen LogP contribution < -0.4 is 0 Å². The van der Waals surface area contributed by atoms with E-state index in [0.29, 0.717) is 32.8 Å². The summed E-state index contributed by atoms with van der Waals surface area (Å²) in [7, 11) is 0. The number of hydrogen-bond acceptors (Lipinski definition) is 5. The molecule has 2 aliphatic rings. The van der Waals surface area contributed by atoms with E-state index in [1.165, 1.54) is 11.3 Å². The second-order valence-electron chi connectivity index (χ2n) is 5.80. The molecule has 1 aromatic heterocycles. The number of piperazine rings is 1. The maximum absolute atomic E-state index is 12.3. The van der Waals surface area contributed by atoms with Gasteiger partial charge >= 0.3 is 0 Å². The van der Waals surface area contributed by atoms with Crippen LogP contribution in [0.15, 0.2) is 17.5 Å². The molecule has 126 valence electrons. The Morgan fingerprint density at radius 2 is 2.04 bits per heavy atom. The van der Waals surface area contributed by atoms with Gasteiger partial charge in [0.15, 0.2) is 0 Å². The quantitative estimate of drug-likeness (QED) is 0.810. The van der Waals surface area contributed by atoms with Crippen molar-refractivity contribution in [2.75, 3.05) is 46.0 Å². The van der Waals surface area contributed by atoms with Gasteiger partial charge in [0, 0.05) is 32.8 Å². The molecule has 2 fully saturated rings. The first-order chi connectivity index (χ1) is 11.2. The summed E-state index contributed by atoms with van der Waals surface area (Å²) >= 11 is 1.45. The highest BCUT2D eigenvalue weighted by Gasteiger charge is 2.25. The minimum atomic E-state index is -0.00813. The number of thiophene rings is 1. The monoisotopic (exact) mass is 338 g/mol. The van der Waals surface area contributed by atoms with Crippen LogP contribution in [0.4, 0.5) is 0 Å². The molecule has 0 aliphatic carbocycles. The van der Waals surface area contributed by atoms with Crippen LogP contribution in [-0.2, 0) is 14.3 Å².